The van der Waals surface area contributed by atoms with Crippen LogP contribution in [-0.4, -0.2) is 52.3 Å². The summed E-state index contributed by atoms with van der Waals surface area (Å²) < 4.78 is 8.60. The van der Waals surface area contributed by atoms with E-state index < -0.39 is 0 Å². The topological polar surface area (TPSA) is 86.0 Å². The third-order valence-corrected chi connectivity index (χ3v) is 3.89. The van der Waals surface area contributed by atoms with E-state index >= 15 is 0 Å². The molecule has 0 saturated carbocycles. The van der Waals surface area contributed by atoms with Gasteiger partial charge in [0.2, 0.25) is 0 Å². The number of rotatable bonds is 6. The van der Waals surface area contributed by atoms with Gasteiger partial charge in [-0.3, -0.25) is 14.2 Å². The van der Waals surface area contributed by atoms with E-state index in [2.05, 4.69) is 20.8 Å². The number of ether oxygens (including phenoxy) is 1. The lowest BCUT2D eigenvalue weighted by Gasteiger charge is -2.22. The van der Waals surface area contributed by atoms with Gasteiger partial charge in [-0.2, -0.15) is 10.2 Å². The number of hydrogen-bond acceptors (Lipinski definition) is 5. The van der Waals surface area contributed by atoms with Crippen molar-refractivity contribution >= 4 is 24.1 Å². The molecule has 2 aromatic heterocycles. The number of piperidine rings is 1. The van der Waals surface area contributed by atoms with Crippen molar-refractivity contribution in [2.24, 2.45) is 0 Å². The van der Waals surface area contributed by atoms with Gasteiger partial charge in [0.05, 0.1) is 19.2 Å². The SMILES string of the molecule is COCCn1ccc(NC(=O)c2ccn(C3CCCNC3)n2)n1.Cl. The number of nitrogens with one attached hydrogen (secondary N) is 2. The maximum atomic E-state index is 12.3. The highest BCUT2D eigenvalue weighted by atomic mass is 35.5. The fourth-order valence-corrected chi connectivity index (χ4v) is 2.64. The highest BCUT2D eigenvalue weighted by Crippen LogP contribution is 2.16. The molecule has 8 nitrogen and oxygen atoms in total. The molecule has 132 valence electrons. The molecule has 1 unspecified atom stereocenters. The Balaban J connectivity index is 0.00000208. The molecule has 2 N–H and O–H groups in total. The van der Waals surface area contributed by atoms with E-state index in [0.717, 1.165) is 25.9 Å². The molecule has 3 heterocycles. The fourth-order valence-electron chi connectivity index (χ4n) is 2.64. The van der Waals surface area contributed by atoms with Gasteiger partial charge in [0, 0.05) is 32.1 Å². The van der Waals surface area contributed by atoms with Crippen molar-refractivity contribution in [1.82, 2.24) is 24.9 Å². The Hall–Kier alpha value is -1.90. The lowest BCUT2D eigenvalue weighted by Crippen LogP contribution is -2.32. The van der Waals surface area contributed by atoms with Crippen LogP contribution in [0.25, 0.3) is 0 Å². The second kappa shape index (κ2) is 8.81. The van der Waals surface area contributed by atoms with Gasteiger partial charge in [-0.25, -0.2) is 0 Å². The molecular formula is C15H23ClN6O2. The van der Waals surface area contributed by atoms with Gasteiger partial charge >= 0.3 is 0 Å². The molecule has 1 saturated heterocycles. The van der Waals surface area contributed by atoms with E-state index in [1.54, 1.807) is 30.1 Å². The highest BCUT2D eigenvalue weighted by molar-refractivity contribution is 6.02. The van der Waals surface area contributed by atoms with Gasteiger partial charge in [-0.05, 0) is 25.5 Å². The maximum absolute atomic E-state index is 12.3. The van der Waals surface area contributed by atoms with Gasteiger partial charge in [0.1, 0.15) is 0 Å². The molecule has 1 atom stereocenters. The summed E-state index contributed by atoms with van der Waals surface area (Å²) in [6.45, 7) is 3.17. The molecule has 1 aliphatic heterocycles. The maximum Gasteiger partial charge on any atom is 0.277 e. The summed E-state index contributed by atoms with van der Waals surface area (Å²) in [5, 5.41) is 14.8. The van der Waals surface area contributed by atoms with E-state index in [9.17, 15) is 4.79 Å². The quantitative estimate of drug-likeness (QED) is 0.817. The Morgan fingerprint density at radius 3 is 3.04 bits per heavy atom. The second-order valence-corrected chi connectivity index (χ2v) is 5.59. The lowest BCUT2D eigenvalue weighted by molar-refractivity contribution is 0.102. The number of amides is 1. The van der Waals surface area contributed by atoms with Crippen molar-refractivity contribution in [2.75, 3.05) is 32.1 Å². The first-order valence-corrected chi connectivity index (χ1v) is 7.86. The van der Waals surface area contributed by atoms with E-state index in [1.165, 1.54) is 0 Å². The first-order valence-electron chi connectivity index (χ1n) is 7.86. The number of nitrogens with zero attached hydrogens (tertiary/aromatic N) is 4. The molecule has 0 bridgehead atoms. The monoisotopic (exact) mass is 354 g/mol. The minimum Gasteiger partial charge on any atom is -0.383 e. The van der Waals surface area contributed by atoms with E-state index in [-0.39, 0.29) is 18.3 Å². The zero-order chi connectivity index (χ0) is 16.1. The Morgan fingerprint density at radius 2 is 2.29 bits per heavy atom. The minimum atomic E-state index is -0.246. The molecule has 1 fully saturated rings. The van der Waals surface area contributed by atoms with Crippen molar-refractivity contribution < 1.29 is 9.53 Å². The Bertz CT molecular complexity index is 650. The van der Waals surface area contributed by atoms with Crippen LogP contribution in [-0.2, 0) is 11.3 Å². The Kier molecular flexibility index (Phi) is 6.77. The van der Waals surface area contributed by atoms with Crippen LogP contribution in [0, 0.1) is 0 Å². The predicted molar refractivity (Wildman–Crippen MR) is 92.7 cm³/mol. The Morgan fingerprint density at radius 1 is 1.42 bits per heavy atom. The molecule has 3 rings (SSSR count). The van der Waals surface area contributed by atoms with Gasteiger partial charge in [0.25, 0.3) is 5.91 Å². The van der Waals surface area contributed by atoms with Crippen molar-refractivity contribution in [3.05, 3.63) is 30.2 Å². The molecule has 0 spiro atoms. The van der Waals surface area contributed by atoms with Crippen LogP contribution in [0.1, 0.15) is 29.4 Å². The summed E-state index contributed by atoms with van der Waals surface area (Å²) >= 11 is 0. The van der Waals surface area contributed by atoms with Crippen molar-refractivity contribution in [1.29, 1.82) is 0 Å². The summed E-state index contributed by atoms with van der Waals surface area (Å²) in [6, 6.07) is 3.82. The van der Waals surface area contributed by atoms with Gasteiger partial charge in [0.15, 0.2) is 11.5 Å². The fraction of sp³-hybridized carbons (Fsp3) is 0.533. The van der Waals surface area contributed by atoms with Crippen LogP contribution in [0.3, 0.4) is 0 Å². The van der Waals surface area contributed by atoms with Crippen molar-refractivity contribution in [3.8, 4) is 0 Å². The molecule has 0 aromatic carbocycles. The van der Waals surface area contributed by atoms with E-state index in [1.807, 2.05) is 10.9 Å². The number of carbonyl (C=O) groups is 1. The zero-order valence-electron chi connectivity index (χ0n) is 13.6. The average Bonchev–Trinajstić information content (AvgIpc) is 3.23. The normalized spacial score (nSPS) is 17.3. The summed E-state index contributed by atoms with van der Waals surface area (Å²) in [5.74, 6) is 0.268. The summed E-state index contributed by atoms with van der Waals surface area (Å²) in [7, 11) is 1.64. The minimum absolute atomic E-state index is 0. The summed E-state index contributed by atoms with van der Waals surface area (Å²) in [6.07, 6.45) is 5.88. The van der Waals surface area contributed by atoms with Crippen LogP contribution < -0.4 is 10.6 Å². The number of carbonyl (C=O) groups excluding carboxylic acids is 1. The molecule has 0 radical (unpaired) electrons. The van der Waals surface area contributed by atoms with E-state index in [0.29, 0.717) is 30.7 Å². The van der Waals surface area contributed by atoms with Gasteiger partial charge in [-0.15, -0.1) is 12.4 Å². The molecule has 1 amide bonds. The zero-order valence-corrected chi connectivity index (χ0v) is 14.5. The van der Waals surface area contributed by atoms with Gasteiger partial charge < -0.3 is 15.4 Å². The first kappa shape index (κ1) is 18.4. The molecule has 2 aromatic rings. The number of halogens is 1. The Labute approximate surface area is 147 Å². The molecule has 24 heavy (non-hydrogen) atoms. The van der Waals surface area contributed by atoms with Crippen molar-refractivity contribution in [2.45, 2.75) is 25.4 Å². The number of methoxy groups -OCH3 is 1. The van der Waals surface area contributed by atoms with Crippen LogP contribution in [0.15, 0.2) is 24.5 Å². The average molecular weight is 355 g/mol. The predicted octanol–water partition coefficient (Wildman–Crippen LogP) is 1.32. The van der Waals surface area contributed by atoms with Crippen LogP contribution >= 0.6 is 12.4 Å². The second-order valence-electron chi connectivity index (χ2n) is 5.59. The smallest absolute Gasteiger partial charge is 0.277 e. The number of hydrogen-bond donors (Lipinski definition) is 2. The van der Waals surface area contributed by atoms with E-state index in [4.69, 9.17) is 4.74 Å². The van der Waals surface area contributed by atoms with Gasteiger partial charge in [-0.1, -0.05) is 0 Å². The number of anilines is 1. The molecular weight excluding hydrogens is 332 g/mol. The summed E-state index contributed by atoms with van der Waals surface area (Å²) in [5.41, 5.74) is 0.405. The van der Waals surface area contributed by atoms with Crippen LogP contribution in [0.5, 0.6) is 0 Å². The number of aromatic nitrogens is 4. The van der Waals surface area contributed by atoms with Crippen molar-refractivity contribution in [3.63, 3.8) is 0 Å². The summed E-state index contributed by atoms with van der Waals surface area (Å²) in [4.78, 5) is 12.3. The largest absolute Gasteiger partial charge is 0.383 e. The first-order chi connectivity index (χ1) is 11.3. The molecule has 0 aliphatic carbocycles. The molecule has 1 aliphatic rings. The van der Waals surface area contributed by atoms with Crippen LogP contribution in [0.2, 0.25) is 0 Å². The van der Waals surface area contributed by atoms with Crippen LogP contribution in [0.4, 0.5) is 5.82 Å². The standard InChI is InChI=1S/C15H22N6O2.ClH/c1-23-10-9-20-7-5-14(19-20)17-15(22)13-4-8-21(18-13)12-3-2-6-16-11-12;/h4-5,7-8,12,16H,2-3,6,9-11H2,1H3,(H,17,19,22);1H. The highest BCUT2D eigenvalue weighted by Gasteiger charge is 2.18. The molecule has 9 heteroatoms. The lowest BCUT2D eigenvalue weighted by atomic mass is 10.1. The third-order valence-electron chi connectivity index (χ3n) is 3.89. The third kappa shape index (κ3) is 4.56.